The van der Waals surface area contributed by atoms with Gasteiger partial charge in [0.1, 0.15) is 0 Å². The summed E-state index contributed by atoms with van der Waals surface area (Å²) >= 11 is 0. The van der Waals surface area contributed by atoms with Gasteiger partial charge in [0, 0.05) is 28.7 Å². The summed E-state index contributed by atoms with van der Waals surface area (Å²) in [6.45, 7) is 0.170. The Balaban J connectivity index is 1.91. The molecule has 1 aliphatic rings. The van der Waals surface area contributed by atoms with Crippen LogP contribution in [-0.2, 0) is 0 Å². The van der Waals surface area contributed by atoms with Crippen LogP contribution in [-0.4, -0.2) is 6.79 Å². The number of benzene rings is 2. The number of ether oxygens (including phenoxy) is 2. The van der Waals surface area contributed by atoms with Crippen LogP contribution in [0.5, 0.6) is 11.5 Å². The smallest absolute Gasteiger partial charge is 0.265 e. The van der Waals surface area contributed by atoms with Crippen molar-refractivity contribution in [1.29, 1.82) is 0 Å². The predicted octanol–water partition coefficient (Wildman–Crippen LogP) is 3.68. The van der Waals surface area contributed by atoms with Crippen molar-refractivity contribution in [3.8, 4) is 11.5 Å². The molecule has 2 aromatic rings. The van der Waals surface area contributed by atoms with Gasteiger partial charge in [0.05, 0.1) is 0 Å². The number of hydrogen-bond donors (Lipinski definition) is 2. The molecule has 0 fully saturated rings. The van der Waals surface area contributed by atoms with Crippen molar-refractivity contribution in [2.75, 3.05) is 17.8 Å². The van der Waals surface area contributed by atoms with Crippen LogP contribution in [0.15, 0.2) is 36.4 Å². The fourth-order valence-electron chi connectivity index (χ4n) is 2.01. The number of halogens is 2. The van der Waals surface area contributed by atoms with E-state index in [2.05, 4.69) is 5.32 Å². The summed E-state index contributed by atoms with van der Waals surface area (Å²) in [5.74, 6) is 1.23. The zero-order valence-corrected chi connectivity index (χ0v) is 10.4. The average molecular weight is 278 g/mol. The molecule has 0 saturated carbocycles. The van der Waals surface area contributed by atoms with Crippen LogP contribution in [0.1, 0.15) is 12.0 Å². The third-order valence-electron chi connectivity index (χ3n) is 2.96. The molecule has 104 valence electrons. The second kappa shape index (κ2) is 4.88. The molecule has 0 spiro atoms. The molecule has 3 rings (SSSR count). The monoisotopic (exact) mass is 278 g/mol. The standard InChI is InChI=1S/C14H12F2N2O2/c15-14(16)10-5-8(17)1-3-11(10)18-9-2-4-12-13(6-9)20-7-19-12/h1-6,14,18H,7,17H2. The topological polar surface area (TPSA) is 56.5 Å². The third-order valence-corrected chi connectivity index (χ3v) is 2.96. The number of nitrogens with two attached hydrogens (primary N) is 1. The first-order chi connectivity index (χ1) is 9.63. The van der Waals surface area contributed by atoms with Crippen molar-refractivity contribution < 1.29 is 18.3 Å². The Hall–Kier alpha value is -2.50. The molecule has 20 heavy (non-hydrogen) atoms. The van der Waals surface area contributed by atoms with Crippen LogP contribution in [0.3, 0.4) is 0 Å². The summed E-state index contributed by atoms with van der Waals surface area (Å²) in [6.07, 6.45) is -2.60. The number of alkyl halides is 2. The molecular formula is C14H12F2N2O2. The van der Waals surface area contributed by atoms with Crippen molar-refractivity contribution in [3.63, 3.8) is 0 Å². The predicted molar refractivity (Wildman–Crippen MR) is 71.7 cm³/mol. The molecule has 0 radical (unpaired) electrons. The molecule has 6 heteroatoms. The van der Waals surface area contributed by atoms with E-state index in [4.69, 9.17) is 15.2 Å². The summed E-state index contributed by atoms with van der Waals surface area (Å²) in [5.41, 5.74) is 6.65. The molecule has 2 aromatic carbocycles. The number of nitrogens with one attached hydrogen (secondary N) is 1. The lowest BCUT2D eigenvalue weighted by molar-refractivity contribution is 0.152. The van der Waals surface area contributed by atoms with Gasteiger partial charge < -0.3 is 20.5 Å². The van der Waals surface area contributed by atoms with Gasteiger partial charge in [0.2, 0.25) is 6.79 Å². The van der Waals surface area contributed by atoms with Gasteiger partial charge in [-0.1, -0.05) is 0 Å². The summed E-state index contributed by atoms with van der Waals surface area (Å²) in [6, 6.07) is 9.53. The minimum absolute atomic E-state index is 0.136. The first kappa shape index (κ1) is 12.5. The molecule has 0 atom stereocenters. The normalized spacial score (nSPS) is 12.8. The Morgan fingerprint density at radius 3 is 2.65 bits per heavy atom. The van der Waals surface area contributed by atoms with E-state index in [1.54, 1.807) is 24.3 Å². The van der Waals surface area contributed by atoms with Gasteiger partial charge in [-0.3, -0.25) is 0 Å². The molecule has 0 unspecified atom stereocenters. The van der Waals surface area contributed by atoms with E-state index in [9.17, 15) is 8.78 Å². The SMILES string of the molecule is Nc1ccc(Nc2ccc3c(c2)OCO3)c(C(F)F)c1. The van der Waals surface area contributed by atoms with Crippen LogP contribution in [0.2, 0.25) is 0 Å². The first-order valence-corrected chi connectivity index (χ1v) is 5.98. The number of hydrogen-bond acceptors (Lipinski definition) is 4. The molecule has 1 heterocycles. The van der Waals surface area contributed by atoms with Gasteiger partial charge in [0.15, 0.2) is 11.5 Å². The summed E-state index contributed by atoms with van der Waals surface area (Å²) in [7, 11) is 0. The highest BCUT2D eigenvalue weighted by Crippen LogP contribution is 2.36. The van der Waals surface area contributed by atoms with Crippen molar-refractivity contribution >= 4 is 17.1 Å². The molecule has 0 saturated heterocycles. The maximum Gasteiger partial charge on any atom is 0.265 e. The lowest BCUT2D eigenvalue weighted by atomic mass is 10.1. The second-order valence-corrected chi connectivity index (χ2v) is 4.34. The Labute approximate surface area is 114 Å². The zero-order chi connectivity index (χ0) is 14.1. The Morgan fingerprint density at radius 1 is 1.05 bits per heavy atom. The fraction of sp³-hybridized carbons (Fsp3) is 0.143. The molecule has 0 aromatic heterocycles. The van der Waals surface area contributed by atoms with Crippen molar-refractivity contribution in [3.05, 3.63) is 42.0 Å². The van der Waals surface area contributed by atoms with Gasteiger partial charge in [-0.05, 0) is 30.3 Å². The van der Waals surface area contributed by atoms with Crippen LogP contribution in [0.4, 0.5) is 25.8 Å². The highest BCUT2D eigenvalue weighted by atomic mass is 19.3. The lowest BCUT2D eigenvalue weighted by Crippen LogP contribution is -1.98. The van der Waals surface area contributed by atoms with E-state index in [0.717, 1.165) is 0 Å². The summed E-state index contributed by atoms with van der Waals surface area (Å²) < 4.78 is 36.4. The first-order valence-electron chi connectivity index (χ1n) is 5.98. The number of nitrogen functional groups attached to an aromatic ring is 1. The van der Waals surface area contributed by atoms with Crippen molar-refractivity contribution in [2.45, 2.75) is 6.43 Å². The van der Waals surface area contributed by atoms with Crippen molar-refractivity contribution in [1.82, 2.24) is 0 Å². The van der Waals surface area contributed by atoms with Gasteiger partial charge in [-0.25, -0.2) is 8.78 Å². The Bertz CT molecular complexity index is 647. The molecule has 1 aliphatic heterocycles. The molecule has 3 N–H and O–H groups in total. The fourth-order valence-corrected chi connectivity index (χ4v) is 2.01. The van der Waals surface area contributed by atoms with Crippen molar-refractivity contribution in [2.24, 2.45) is 0 Å². The number of rotatable bonds is 3. The highest BCUT2D eigenvalue weighted by molar-refractivity contribution is 5.68. The molecule has 0 aliphatic carbocycles. The van der Waals surface area contributed by atoms with E-state index in [0.29, 0.717) is 28.6 Å². The van der Waals surface area contributed by atoms with Gasteiger partial charge in [-0.15, -0.1) is 0 Å². The van der Waals surface area contributed by atoms with E-state index in [1.807, 2.05) is 0 Å². The molecule has 0 bridgehead atoms. The lowest BCUT2D eigenvalue weighted by Gasteiger charge is -2.12. The second-order valence-electron chi connectivity index (χ2n) is 4.34. The van der Waals surface area contributed by atoms with E-state index >= 15 is 0 Å². The van der Waals surface area contributed by atoms with Crippen LogP contribution < -0.4 is 20.5 Å². The molecule has 0 amide bonds. The average Bonchev–Trinajstić information content (AvgIpc) is 2.88. The summed E-state index contributed by atoms with van der Waals surface area (Å²) in [5, 5.41) is 2.94. The van der Waals surface area contributed by atoms with Gasteiger partial charge >= 0.3 is 0 Å². The van der Waals surface area contributed by atoms with Crippen LogP contribution in [0.25, 0.3) is 0 Å². The number of anilines is 3. The number of fused-ring (bicyclic) bond motifs is 1. The van der Waals surface area contributed by atoms with Crippen LogP contribution >= 0.6 is 0 Å². The van der Waals surface area contributed by atoms with Gasteiger partial charge in [-0.2, -0.15) is 0 Å². The third kappa shape index (κ3) is 2.32. The van der Waals surface area contributed by atoms with E-state index < -0.39 is 6.43 Å². The summed E-state index contributed by atoms with van der Waals surface area (Å²) in [4.78, 5) is 0. The van der Waals surface area contributed by atoms with Crippen LogP contribution in [0, 0.1) is 0 Å². The van der Waals surface area contributed by atoms with E-state index in [1.165, 1.54) is 12.1 Å². The van der Waals surface area contributed by atoms with E-state index in [-0.39, 0.29) is 12.4 Å². The molecular weight excluding hydrogens is 266 g/mol. The highest BCUT2D eigenvalue weighted by Gasteiger charge is 2.16. The van der Waals surface area contributed by atoms with Gasteiger partial charge in [0.25, 0.3) is 6.43 Å². The largest absolute Gasteiger partial charge is 0.454 e. The maximum atomic E-state index is 13.0. The Morgan fingerprint density at radius 2 is 1.85 bits per heavy atom. The Kier molecular flexibility index (Phi) is 3.06. The minimum atomic E-state index is -2.60. The zero-order valence-electron chi connectivity index (χ0n) is 10.4. The quantitative estimate of drug-likeness (QED) is 0.841. The molecule has 4 nitrogen and oxygen atoms in total. The minimum Gasteiger partial charge on any atom is -0.454 e. The maximum absolute atomic E-state index is 13.0.